The van der Waals surface area contributed by atoms with E-state index in [4.69, 9.17) is 4.74 Å². The lowest BCUT2D eigenvalue weighted by molar-refractivity contribution is 0.112. The molecule has 1 saturated heterocycles. The molecular weight excluding hydrogens is 258 g/mol. The molecule has 0 amide bonds. The van der Waals surface area contributed by atoms with Gasteiger partial charge in [0, 0.05) is 12.6 Å². The van der Waals surface area contributed by atoms with E-state index in [0.29, 0.717) is 6.04 Å². The van der Waals surface area contributed by atoms with Crippen LogP contribution in [-0.2, 0) is 4.74 Å². The first kappa shape index (κ1) is 14.3. The molecule has 0 spiro atoms. The molecular formula is C19H23NO. The van der Waals surface area contributed by atoms with Gasteiger partial charge in [0.1, 0.15) is 0 Å². The van der Waals surface area contributed by atoms with E-state index < -0.39 is 0 Å². The van der Waals surface area contributed by atoms with Crippen LogP contribution in [0.1, 0.15) is 36.1 Å². The van der Waals surface area contributed by atoms with E-state index in [9.17, 15) is 0 Å². The van der Waals surface area contributed by atoms with Crippen LogP contribution < -0.4 is 5.32 Å². The molecule has 1 N–H and O–H groups in total. The van der Waals surface area contributed by atoms with Crippen LogP contribution in [0, 0.1) is 6.92 Å². The highest BCUT2D eigenvalue weighted by Gasteiger charge is 2.28. The molecule has 21 heavy (non-hydrogen) atoms. The van der Waals surface area contributed by atoms with Crippen LogP contribution in [0.4, 0.5) is 0 Å². The van der Waals surface area contributed by atoms with Gasteiger partial charge in [-0.15, -0.1) is 0 Å². The molecule has 0 bridgehead atoms. The van der Waals surface area contributed by atoms with Gasteiger partial charge in [0.05, 0.1) is 12.1 Å². The van der Waals surface area contributed by atoms with Crippen LogP contribution in [0.25, 0.3) is 0 Å². The molecule has 2 aromatic rings. The third kappa shape index (κ3) is 3.17. The number of aryl methyl sites for hydroxylation is 1. The maximum Gasteiger partial charge on any atom is 0.0701 e. The van der Waals surface area contributed by atoms with Gasteiger partial charge in [0.25, 0.3) is 0 Å². The quantitative estimate of drug-likeness (QED) is 0.919. The first-order valence-electron chi connectivity index (χ1n) is 7.74. The van der Waals surface area contributed by atoms with Crippen LogP contribution in [0.5, 0.6) is 0 Å². The van der Waals surface area contributed by atoms with Crippen molar-refractivity contribution in [1.82, 2.24) is 5.32 Å². The van der Waals surface area contributed by atoms with Crippen LogP contribution >= 0.6 is 0 Å². The second-order valence-corrected chi connectivity index (χ2v) is 5.84. The maximum atomic E-state index is 5.71. The lowest BCUT2D eigenvalue weighted by Crippen LogP contribution is -2.38. The van der Waals surface area contributed by atoms with Gasteiger partial charge in [0.2, 0.25) is 0 Å². The average Bonchev–Trinajstić information content (AvgIpc) is 2.92. The van der Waals surface area contributed by atoms with Crippen molar-refractivity contribution in [2.24, 2.45) is 0 Å². The van der Waals surface area contributed by atoms with Crippen molar-refractivity contribution in [3.63, 3.8) is 0 Å². The molecule has 3 unspecified atom stereocenters. The Morgan fingerprint density at radius 3 is 2.43 bits per heavy atom. The number of rotatable bonds is 4. The van der Waals surface area contributed by atoms with Crippen molar-refractivity contribution >= 4 is 0 Å². The number of ether oxygens (including phenoxy) is 1. The Hall–Kier alpha value is -1.64. The van der Waals surface area contributed by atoms with Gasteiger partial charge in [-0.25, -0.2) is 0 Å². The van der Waals surface area contributed by atoms with Gasteiger partial charge in [-0.3, -0.25) is 0 Å². The van der Waals surface area contributed by atoms with E-state index in [1.807, 2.05) is 0 Å². The Balaban J connectivity index is 1.93. The predicted molar refractivity (Wildman–Crippen MR) is 86.4 cm³/mol. The second kappa shape index (κ2) is 6.42. The summed E-state index contributed by atoms with van der Waals surface area (Å²) in [7, 11) is 0. The largest absolute Gasteiger partial charge is 0.377 e. The Labute approximate surface area is 127 Å². The molecule has 0 saturated carbocycles. The van der Waals surface area contributed by atoms with E-state index in [-0.39, 0.29) is 12.1 Å². The Morgan fingerprint density at radius 1 is 1.05 bits per heavy atom. The molecule has 0 aliphatic carbocycles. The monoisotopic (exact) mass is 281 g/mol. The van der Waals surface area contributed by atoms with Gasteiger partial charge in [-0.05, 0) is 37.0 Å². The van der Waals surface area contributed by atoms with Gasteiger partial charge >= 0.3 is 0 Å². The maximum absolute atomic E-state index is 5.71. The summed E-state index contributed by atoms with van der Waals surface area (Å²) in [5.41, 5.74) is 3.99. The van der Waals surface area contributed by atoms with E-state index in [0.717, 1.165) is 13.0 Å². The third-order valence-corrected chi connectivity index (χ3v) is 4.39. The van der Waals surface area contributed by atoms with Crippen LogP contribution in [0.3, 0.4) is 0 Å². The molecule has 0 aromatic heterocycles. The summed E-state index contributed by atoms with van der Waals surface area (Å²) in [6, 6.07) is 19.9. The smallest absolute Gasteiger partial charge is 0.0701 e. The van der Waals surface area contributed by atoms with Gasteiger partial charge in [-0.1, -0.05) is 54.6 Å². The molecule has 1 aliphatic heterocycles. The highest BCUT2D eigenvalue weighted by atomic mass is 16.5. The molecule has 1 heterocycles. The van der Waals surface area contributed by atoms with Crippen LogP contribution in [-0.4, -0.2) is 18.8 Å². The van der Waals surface area contributed by atoms with Crippen molar-refractivity contribution < 1.29 is 4.74 Å². The molecule has 1 fully saturated rings. The fraction of sp³-hybridized carbons (Fsp3) is 0.368. The van der Waals surface area contributed by atoms with Crippen molar-refractivity contribution in [2.45, 2.75) is 38.5 Å². The zero-order valence-electron chi connectivity index (χ0n) is 12.8. The van der Waals surface area contributed by atoms with Crippen molar-refractivity contribution in [1.29, 1.82) is 0 Å². The van der Waals surface area contributed by atoms with Crippen molar-refractivity contribution in [3.05, 3.63) is 71.3 Å². The molecule has 2 nitrogen and oxygen atoms in total. The van der Waals surface area contributed by atoms with E-state index in [1.54, 1.807) is 0 Å². The molecule has 2 aromatic carbocycles. The first-order chi connectivity index (χ1) is 10.3. The van der Waals surface area contributed by atoms with E-state index in [1.165, 1.54) is 16.7 Å². The zero-order chi connectivity index (χ0) is 14.7. The van der Waals surface area contributed by atoms with Crippen molar-refractivity contribution in [3.8, 4) is 0 Å². The summed E-state index contributed by atoms with van der Waals surface area (Å²) in [6.45, 7) is 5.19. The lowest BCUT2D eigenvalue weighted by Gasteiger charge is -2.27. The minimum absolute atomic E-state index is 0.224. The number of hydrogen-bond donors (Lipinski definition) is 1. The van der Waals surface area contributed by atoms with Crippen LogP contribution in [0.2, 0.25) is 0 Å². The molecule has 3 atom stereocenters. The SMILES string of the molecule is Cc1ccccc1C(NC1CCOC1C)c1ccccc1. The fourth-order valence-electron chi connectivity index (χ4n) is 3.09. The summed E-state index contributed by atoms with van der Waals surface area (Å²) in [6.07, 6.45) is 1.36. The van der Waals surface area contributed by atoms with E-state index in [2.05, 4.69) is 73.8 Å². The summed E-state index contributed by atoms with van der Waals surface area (Å²) in [5, 5.41) is 3.81. The number of hydrogen-bond acceptors (Lipinski definition) is 2. The molecule has 110 valence electrons. The standard InChI is InChI=1S/C19H23NO/c1-14-8-6-7-11-17(14)19(16-9-4-3-5-10-16)20-18-12-13-21-15(18)2/h3-11,15,18-20H,12-13H2,1-2H3. The molecule has 3 rings (SSSR count). The molecule has 1 aliphatic rings. The summed E-state index contributed by atoms with van der Waals surface area (Å²) in [4.78, 5) is 0. The Kier molecular flexibility index (Phi) is 4.37. The minimum atomic E-state index is 0.224. The normalized spacial score (nSPS) is 23.1. The van der Waals surface area contributed by atoms with Crippen molar-refractivity contribution in [2.75, 3.05) is 6.61 Å². The minimum Gasteiger partial charge on any atom is -0.377 e. The summed E-state index contributed by atoms with van der Waals surface area (Å²) >= 11 is 0. The highest BCUT2D eigenvalue weighted by Crippen LogP contribution is 2.27. The summed E-state index contributed by atoms with van der Waals surface area (Å²) < 4.78 is 5.71. The average molecular weight is 281 g/mol. The van der Waals surface area contributed by atoms with Gasteiger partial charge < -0.3 is 10.1 Å². The highest BCUT2D eigenvalue weighted by molar-refractivity contribution is 5.36. The topological polar surface area (TPSA) is 21.3 Å². The van der Waals surface area contributed by atoms with Crippen LogP contribution in [0.15, 0.2) is 54.6 Å². The second-order valence-electron chi connectivity index (χ2n) is 5.84. The third-order valence-electron chi connectivity index (χ3n) is 4.39. The first-order valence-corrected chi connectivity index (χ1v) is 7.74. The fourth-order valence-corrected chi connectivity index (χ4v) is 3.09. The Morgan fingerprint density at radius 2 is 1.76 bits per heavy atom. The predicted octanol–water partition coefficient (Wildman–Crippen LogP) is 3.85. The van der Waals surface area contributed by atoms with Gasteiger partial charge in [-0.2, -0.15) is 0 Å². The number of benzene rings is 2. The summed E-state index contributed by atoms with van der Waals surface area (Å²) in [5.74, 6) is 0. The number of nitrogens with one attached hydrogen (secondary N) is 1. The molecule has 0 radical (unpaired) electrons. The Bertz CT molecular complexity index is 581. The lowest BCUT2D eigenvalue weighted by atomic mass is 9.93. The zero-order valence-corrected chi connectivity index (χ0v) is 12.8. The van der Waals surface area contributed by atoms with Gasteiger partial charge in [0.15, 0.2) is 0 Å². The van der Waals surface area contributed by atoms with E-state index >= 15 is 0 Å². The molecule has 2 heteroatoms.